The summed E-state index contributed by atoms with van der Waals surface area (Å²) in [5.41, 5.74) is 0.971. The number of unbranched alkanes of at least 4 members (excludes halogenated alkanes) is 1. The van der Waals surface area contributed by atoms with Gasteiger partial charge in [-0.2, -0.15) is 0 Å². The van der Waals surface area contributed by atoms with Gasteiger partial charge in [-0.25, -0.2) is 0 Å². The minimum atomic E-state index is 0.308. The van der Waals surface area contributed by atoms with E-state index in [0.717, 1.165) is 37.2 Å². The van der Waals surface area contributed by atoms with Gasteiger partial charge in [0.25, 0.3) is 0 Å². The Morgan fingerprint density at radius 3 is 2.94 bits per heavy atom. The molecule has 1 aromatic heterocycles. The Bertz CT molecular complexity index is 468. The third kappa shape index (κ3) is 3.02. The molecule has 0 bridgehead atoms. The molecule has 1 N–H and O–H groups in total. The van der Waals surface area contributed by atoms with Crippen LogP contribution in [0.1, 0.15) is 38.0 Å². The molecule has 1 heterocycles. The highest BCUT2D eigenvalue weighted by Gasteiger charge is 2.14. The van der Waals surface area contributed by atoms with Crippen molar-refractivity contribution in [3.05, 3.63) is 48.7 Å². The van der Waals surface area contributed by atoms with E-state index in [1.165, 1.54) is 5.39 Å². The van der Waals surface area contributed by atoms with Crippen molar-refractivity contribution in [1.82, 2.24) is 5.32 Å². The summed E-state index contributed by atoms with van der Waals surface area (Å²) in [6.07, 6.45) is 5.25. The number of para-hydroxylation sites is 1. The van der Waals surface area contributed by atoms with Gasteiger partial charge in [0.1, 0.15) is 11.3 Å². The van der Waals surface area contributed by atoms with Gasteiger partial charge in [0, 0.05) is 5.39 Å². The monoisotopic (exact) mass is 243 g/mol. The summed E-state index contributed by atoms with van der Waals surface area (Å²) in [6.45, 7) is 6.85. The lowest BCUT2D eigenvalue weighted by Crippen LogP contribution is -2.20. The maximum absolute atomic E-state index is 5.93. The van der Waals surface area contributed by atoms with Crippen LogP contribution in [-0.4, -0.2) is 6.54 Å². The van der Waals surface area contributed by atoms with E-state index in [2.05, 4.69) is 31.0 Å². The van der Waals surface area contributed by atoms with Crippen molar-refractivity contribution in [2.45, 2.75) is 32.2 Å². The van der Waals surface area contributed by atoms with Crippen LogP contribution in [0.4, 0.5) is 0 Å². The molecular weight excluding hydrogens is 222 g/mol. The summed E-state index contributed by atoms with van der Waals surface area (Å²) >= 11 is 0. The van der Waals surface area contributed by atoms with Gasteiger partial charge in [-0.3, -0.25) is 0 Å². The first kappa shape index (κ1) is 12.9. The van der Waals surface area contributed by atoms with Crippen LogP contribution in [0.2, 0.25) is 0 Å². The summed E-state index contributed by atoms with van der Waals surface area (Å²) in [5, 5.41) is 4.67. The molecule has 2 nitrogen and oxygen atoms in total. The standard InChI is InChI=1S/C16H21NO/c1-3-5-6-10-14(17-4-2)16-12-13-9-7-8-11-15(13)18-16/h3,7-9,11-12,14,17H,1,4-6,10H2,2H3. The summed E-state index contributed by atoms with van der Waals surface area (Å²) in [4.78, 5) is 0. The number of allylic oxidation sites excluding steroid dienone is 1. The molecule has 0 fully saturated rings. The lowest BCUT2D eigenvalue weighted by molar-refractivity contribution is 0.410. The molecule has 0 aliphatic rings. The van der Waals surface area contributed by atoms with Crippen LogP contribution in [0.3, 0.4) is 0 Å². The van der Waals surface area contributed by atoms with Crippen molar-refractivity contribution in [2.24, 2.45) is 0 Å². The highest BCUT2D eigenvalue weighted by Crippen LogP contribution is 2.26. The number of benzene rings is 1. The van der Waals surface area contributed by atoms with Crippen molar-refractivity contribution in [3.63, 3.8) is 0 Å². The summed E-state index contributed by atoms with van der Waals surface area (Å²) in [7, 11) is 0. The van der Waals surface area contributed by atoms with Crippen LogP contribution in [0, 0.1) is 0 Å². The van der Waals surface area contributed by atoms with Gasteiger partial charge in [-0.15, -0.1) is 6.58 Å². The lowest BCUT2D eigenvalue weighted by Gasteiger charge is -2.14. The molecule has 2 aromatic rings. The zero-order chi connectivity index (χ0) is 12.8. The normalized spacial score (nSPS) is 12.7. The van der Waals surface area contributed by atoms with Gasteiger partial charge in [0.2, 0.25) is 0 Å². The number of fused-ring (bicyclic) bond motifs is 1. The molecule has 1 unspecified atom stereocenters. The Kier molecular flexibility index (Phi) is 4.59. The Morgan fingerprint density at radius 2 is 2.22 bits per heavy atom. The molecule has 1 aromatic carbocycles. The maximum atomic E-state index is 5.93. The number of rotatable bonds is 7. The van der Waals surface area contributed by atoms with Crippen LogP contribution in [0.5, 0.6) is 0 Å². The van der Waals surface area contributed by atoms with E-state index in [1.807, 2.05) is 24.3 Å². The van der Waals surface area contributed by atoms with E-state index < -0.39 is 0 Å². The highest BCUT2D eigenvalue weighted by molar-refractivity contribution is 5.77. The molecule has 0 aliphatic heterocycles. The van der Waals surface area contributed by atoms with Crippen molar-refractivity contribution >= 4 is 11.0 Å². The third-order valence-corrected chi connectivity index (χ3v) is 3.14. The quantitative estimate of drug-likeness (QED) is 0.574. The maximum Gasteiger partial charge on any atom is 0.134 e. The molecule has 0 spiro atoms. The summed E-state index contributed by atoms with van der Waals surface area (Å²) in [6, 6.07) is 10.6. The fourth-order valence-corrected chi connectivity index (χ4v) is 2.23. The van der Waals surface area contributed by atoms with E-state index in [4.69, 9.17) is 4.42 Å². The highest BCUT2D eigenvalue weighted by atomic mass is 16.3. The zero-order valence-electron chi connectivity index (χ0n) is 11.0. The van der Waals surface area contributed by atoms with Crippen molar-refractivity contribution < 1.29 is 4.42 Å². The minimum Gasteiger partial charge on any atom is -0.459 e. The molecule has 0 aliphatic carbocycles. The van der Waals surface area contributed by atoms with Gasteiger partial charge >= 0.3 is 0 Å². The van der Waals surface area contributed by atoms with Gasteiger partial charge in [-0.1, -0.05) is 31.2 Å². The van der Waals surface area contributed by atoms with Gasteiger partial charge in [0.05, 0.1) is 6.04 Å². The van der Waals surface area contributed by atoms with Crippen LogP contribution in [0.25, 0.3) is 11.0 Å². The second kappa shape index (κ2) is 6.41. The zero-order valence-corrected chi connectivity index (χ0v) is 11.0. The van der Waals surface area contributed by atoms with E-state index in [-0.39, 0.29) is 0 Å². The average Bonchev–Trinajstić information content (AvgIpc) is 2.81. The van der Waals surface area contributed by atoms with E-state index >= 15 is 0 Å². The Morgan fingerprint density at radius 1 is 1.39 bits per heavy atom. The predicted molar refractivity (Wildman–Crippen MR) is 76.7 cm³/mol. The topological polar surface area (TPSA) is 25.2 Å². The second-order valence-corrected chi connectivity index (χ2v) is 4.52. The number of hydrogen-bond donors (Lipinski definition) is 1. The third-order valence-electron chi connectivity index (χ3n) is 3.14. The number of furan rings is 1. The summed E-state index contributed by atoms with van der Waals surface area (Å²) < 4.78 is 5.93. The number of nitrogens with one attached hydrogen (secondary N) is 1. The van der Waals surface area contributed by atoms with E-state index in [1.54, 1.807) is 0 Å². The van der Waals surface area contributed by atoms with Crippen LogP contribution >= 0.6 is 0 Å². The van der Waals surface area contributed by atoms with E-state index in [0.29, 0.717) is 6.04 Å². The SMILES string of the molecule is C=CCCCC(NCC)c1cc2ccccc2o1. The van der Waals surface area contributed by atoms with Crippen molar-refractivity contribution in [3.8, 4) is 0 Å². The van der Waals surface area contributed by atoms with Crippen LogP contribution < -0.4 is 5.32 Å². The Hall–Kier alpha value is -1.54. The van der Waals surface area contributed by atoms with E-state index in [9.17, 15) is 0 Å². The van der Waals surface area contributed by atoms with Gasteiger partial charge in [-0.05, 0) is 37.9 Å². The molecular formula is C16H21NO. The molecule has 0 radical (unpaired) electrons. The Balaban J connectivity index is 2.15. The van der Waals surface area contributed by atoms with Gasteiger partial charge < -0.3 is 9.73 Å². The Labute approximate surface area is 109 Å². The number of hydrogen-bond acceptors (Lipinski definition) is 2. The largest absolute Gasteiger partial charge is 0.459 e. The molecule has 2 heteroatoms. The molecule has 0 saturated heterocycles. The lowest BCUT2D eigenvalue weighted by atomic mass is 10.1. The molecule has 18 heavy (non-hydrogen) atoms. The van der Waals surface area contributed by atoms with Crippen LogP contribution in [-0.2, 0) is 0 Å². The second-order valence-electron chi connectivity index (χ2n) is 4.52. The fourth-order valence-electron chi connectivity index (χ4n) is 2.23. The molecule has 0 amide bonds. The van der Waals surface area contributed by atoms with Gasteiger partial charge in [0.15, 0.2) is 0 Å². The first-order valence-corrected chi connectivity index (χ1v) is 6.68. The molecule has 96 valence electrons. The van der Waals surface area contributed by atoms with Crippen LogP contribution in [0.15, 0.2) is 47.4 Å². The fraction of sp³-hybridized carbons (Fsp3) is 0.375. The average molecular weight is 243 g/mol. The first-order valence-electron chi connectivity index (χ1n) is 6.68. The molecule has 1 atom stereocenters. The van der Waals surface area contributed by atoms with Crippen molar-refractivity contribution in [1.29, 1.82) is 0 Å². The predicted octanol–water partition coefficient (Wildman–Crippen LogP) is 4.44. The summed E-state index contributed by atoms with van der Waals surface area (Å²) in [5.74, 6) is 1.04. The molecule has 2 rings (SSSR count). The molecule has 0 saturated carbocycles. The first-order chi connectivity index (χ1) is 8.85. The minimum absolute atomic E-state index is 0.308. The van der Waals surface area contributed by atoms with Crippen molar-refractivity contribution in [2.75, 3.05) is 6.54 Å². The smallest absolute Gasteiger partial charge is 0.134 e.